The molecule has 0 saturated carbocycles. The first kappa shape index (κ1) is 46.4. The molecule has 8 aromatic rings. The molecule has 73 heavy (non-hydrogen) atoms. The zero-order chi connectivity index (χ0) is 51.0. The van der Waals surface area contributed by atoms with E-state index in [0.29, 0.717) is 57.7 Å². The maximum atomic E-state index is 15.3. The smallest absolute Gasteiger partial charge is 0.334 e. The average molecular weight is 1040 g/mol. The molecule has 11 rings (SSSR count). The van der Waals surface area contributed by atoms with Gasteiger partial charge in [-0.15, -0.1) is 45.3 Å². The van der Waals surface area contributed by atoms with Crippen molar-refractivity contribution in [3.8, 4) is 24.3 Å². The third-order valence-electron chi connectivity index (χ3n) is 12.1. The summed E-state index contributed by atoms with van der Waals surface area (Å²) in [5.41, 5.74) is -6.00. The van der Waals surface area contributed by atoms with Gasteiger partial charge in [0.15, 0.2) is 23.3 Å². The minimum Gasteiger partial charge on any atom is -0.459 e. The van der Waals surface area contributed by atoms with Crippen molar-refractivity contribution in [1.82, 2.24) is 0 Å². The highest BCUT2D eigenvalue weighted by Crippen LogP contribution is 2.59. The predicted octanol–water partition coefficient (Wildman–Crippen LogP) is 11.9. The molecule has 20 heteroatoms. The first-order valence-electron chi connectivity index (χ1n) is 21.2. The number of nitrogens with zero attached hydrogens (tertiary/aromatic N) is 6. The summed E-state index contributed by atoms with van der Waals surface area (Å²) in [4.78, 5) is 68.2. The van der Waals surface area contributed by atoms with E-state index in [1.54, 1.807) is 91.0 Å². The number of aliphatic imine (C=N–C) groups is 2. The van der Waals surface area contributed by atoms with Gasteiger partial charge in [-0.1, -0.05) is 60.7 Å². The van der Waals surface area contributed by atoms with Crippen molar-refractivity contribution in [2.24, 2.45) is 9.98 Å². The normalized spacial score (nSPS) is 15.3. The van der Waals surface area contributed by atoms with Crippen LogP contribution in [-0.2, 0) is 37.7 Å². The summed E-state index contributed by atoms with van der Waals surface area (Å²) in [6, 6.07) is 28.3. The van der Waals surface area contributed by atoms with Crippen molar-refractivity contribution < 1.29 is 46.2 Å². The Hall–Kier alpha value is -9.02. The fourth-order valence-electron chi connectivity index (χ4n) is 8.87. The lowest BCUT2D eigenvalue weighted by atomic mass is 9.81. The molecule has 4 heterocycles. The van der Waals surface area contributed by atoms with Crippen LogP contribution in [0.5, 0.6) is 0 Å². The number of nitriles is 4. The lowest BCUT2D eigenvalue weighted by Gasteiger charge is -2.27. The molecule has 0 unspecified atom stereocenters. The minimum atomic E-state index is -2.63. The average Bonchev–Trinajstić information content (AvgIpc) is 4.27. The van der Waals surface area contributed by atoms with Crippen molar-refractivity contribution in [3.63, 3.8) is 0 Å². The highest BCUT2D eigenvalue weighted by atomic mass is 32.1. The number of ether oxygens (including phenoxy) is 2. The van der Waals surface area contributed by atoms with Gasteiger partial charge in [0.25, 0.3) is 0 Å². The van der Waals surface area contributed by atoms with Crippen LogP contribution < -0.4 is 0 Å². The maximum Gasteiger partial charge on any atom is 0.334 e. The van der Waals surface area contributed by atoms with Crippen LogP contribution in [0.25, 0.3) is 45.4 Å². The number of carbonyl (C=O) groups excluding carboxylic acids is 4. The Labute approximate surface area is 423 Å². The SMILES string of the molecule is N#CC(C#N)=C1C(=NC2=Cc3sc4c(sc5c6sc(N=C7C(=O)c8cc(F)c(F)cc8C7=C(C#N)C#N)cc6sc45)c3C2(C(=O)OCc2ccccc2)C(=O)OCc2ccccc2)C(=O)c2cc(F)c(F)cc21. The summed E-state index contributed by atoms with van der Waals surface area (Å²) >= 11 is 4.79. The summed E-state index contributed by atoms with van der Waals surface area (Å²) in [6.07, 6.45) is 1.40. The van der Waals surface area contributed by atoms with Crippen LogP contribution >= 0.6 is 45.3 Å². The highest BCUT2D eigenvalue weighted by Gasteiger charge is 2.60. The number of hydrogen-bond acceptors (Lipinski definition) is 16. The second-order valence-corrected chi connectivity index (χ2v) is 20.3. The van der Waals surface area contributed by atoms with E-state index in [2.05, 4.69) is 9.98 Å². The number of fused-ring (bicyclic) bond motifs is 9. The second-order valence-electron chi connectivity index (χ2n) is 16.2. The van der Waals surface area contributed by atoms with Crippen molar-refractivity contribution in [3.05, 3.63) is 175 Å². The van der Waals surface area contributed by atoms with Crippen LogP contribution in [-0.4, -0.2) is 34.9 Å². The Kier molecular flexibility index (Phi) is 11.2. The second kappa shape index (κ2) is 17.7. The van der Waals surface area contributed by atoms with Gasteiger partial charge in [-0.05, 0) is 47.5 Å². The van der Waals surface area contributed by atoms with E-state index >= 15 is 9.59 Å². The third kappa shape index (κ3) is 7.15. The number of Topliss-reactive ketones (excluding diaryl/α,β-unsaturated/α-hetero) is 2. The van der Waals surface area contributed by atoms with E-state index in [0.717, 1.165) is 22.1 Å². The largest absolute Gasteiger partial charge is 0.459 e. The Bertz CT molecular complexity index is 4140. The molecule has 0 bridgehead atoms. The van der Waals surface area contributed by atoms with Gasteiger partial charge in [0.05, 0.1) is 29.2 Å². The van der Waals surface area contributed by atoms with Gasteiger partial charge >= 0.3 is 11.9 Å². The quantitative estimate of drug-likeness (QED) is 0.0609. The van der Waals surface area contributed by atoms with Crippen LogP contribution in [0.3, 0.4) is 0 Å². The van der Waals surface area contributed by atoms with E-state index in [1.807, 2.05) is 0 Å². The molecule has 4 aromatic carbocycles. The molecule has 3 aliphatic rings. The number of hydrogen-bond donors (Lipinski definition) is 0. The summed E-state index contributed by atoms with van der Waals surface area (Å²) < 4.78 is 74.2. The van der Waals surface area contributed by atoms with Crippen molar-refractivity contribution >= 4 is 131 Å². The number of halogens is 4. The molecule has 3 aliphatic carbocycles. The number of allylic oxidation sites excluding steroid dienone is 4. The molecule has 0 spiro atoms. The molecule has 0 fully saturated rings. The summed E-state index contributed by atoms with van der Waals surface area (Å²) in [5, 5.41) is 40.0. The summed E-state index contributed by atoms with van der Waals surface area (Å²) in [6.45, 7) is -0.694. The number of benzene rings is 4. The van der Waals surface area contributed by atoms with Gasteiger partial charge in [0.1, 0.15) is 65.1 Å². The van der Waals surface area contributed by atoms with Crippen LogP contribution in [0.2, 0.25) is 0 Å². The molecular weight excluding hydrogens is 1020 g/mol. The monoisotopic (exact) mass is 1040 g/mol. The maximum absolute atomic E-state index is 15.3. The lowest BCUT2D eigenvalue weighted by molar-refractivity contribution is -0.164. The molecule has 0 N–H and O–H groups in total. The van der Waals surface area contributed by atoms with Gasteiger partial charge in [0.2, 0.25) is 17.0 Å². The number of carbonyl (C=O) groups is 4. The molecule has 4 aromatic heterocycles. The van der Waals surface area contributed by atoms with E-state index in [1.165, 1.54) is 40.1 Å². The molecule has 0 aliphatic heterocycles. The Morgan fingerprint density at radius 3 is 1.49 bits per heavy atom. The molecule has 0 amide bonds. The number of rotatable bonds is 8. The van der Waals surface area contributed by atoms with Crippen LogP contribution in [0.4, 0.5) is 22.6 Å². The first-order chi connectivity index (χ1) is 35.3. The highest BCUT2D eigenvalue weighted by molar-refractivity contribution is 7.45. The van der Waals surface area contributed by atoms with Gasteiger partial charge in [-0.25, -0.2) is 27.5 Å². The van der Waals surface area contributed by atoms with Crippen molar-refractivity contribution in [1.29, 1.82) is 21.0 Å². The number of ketones is 2. The molecule has 350 valence electrons. The van der Waals surface area contributed by atoms with Gasteiger partial charge in [0, 0.05) is 48.5 Å². The minimum absolute atomic E-state index is 0.0806. The van der Waals surface area contributed by atoms with E-state index in [9.17, 15) is 48.2 Å². The number of esters is 2. The van der Waals surface area contributed by atoms with Crippen LogP contribution in [0, 0.1) is 68.6 Å². The summed E-state index contributed by atoms with van der Waals surface area (Å²) in [5.74, 6) is -9.59. The Morgan fingerprint density at radius 1 is 0.548 bits per heavy atom. The zero-order valence-electron chi connectivity index (χ0n) is 36.4. The fourth-order valence-corrected chi connectivity index (χ4v) is 14.7. The molecule has 0 atom stereocenters. The Morgan fingerprint density at radius 2 is 1.00 bits per heavy atom. The van der Waals surface area contributed by atoms with Crippen LogP contribution in [0.1, 0.15) is 53.4 Å². The van der Waals surface area contributed by atoms with Gasteiger partial charge < -0.3 is 9.47 Å². The standard InChI is InChI=1S/C53H20F4N6O6S4/c54-31-11-27-29(13-33(31)56)44(64)42(39(27)25(17-58)18-59)62-37-15-35-41(53(37,51(66)68-21-23-7-3-1-4-8-23)52(67)69-22-24-9-5-2-6-10-24)47-49(70-35)50-48(73-47)46-36(71-50)16-38(72-46)63-43-40(26(19-60)20-61)28-12-32(55)34(57)14-30(28)45(43)65/h1-16H,21-22H2. The van der Waals surface area contributed by atoms with E-state index in [-0.39, 0.29) is 51.8 Å². The van der Waals surface area contributed by atoms with Gasteiger partial charge in [-0.3, -0.25) is 19.2 Å². The third-order valence-corrected chi connectivity index (χ3v) is 17.4. The zero-order valence-corrected chi connectivity index (χ0v) is 39.7. The van der Waals surface area contributed by atoms with Gasteiger partial charge in [-0.2, -0.15) is 21.0 Å². The van der Waals surface area contributed by atoms with E-state index < -0.39 is 85.9 Å². The topological polar surface area (TPSA) is 207 Å². The first-order valence-corrected chi connectivity index (χ1v) is 24.5. The van der Waals surface area contributed by atoms with Crippen molar-refractivity contribution in [2.75, 3.05) is 0 Å². The molecular formula is C53H20F4N6O6S4. The molecule has 0 saturated heterocycles. The van der Waals surface area contributed by atoms with Crippen LogP contribution in [0.15, 0.2) is 118 Å². The fraction of sp³-hybridized carbons (Fsp3) is 0.0566. The van der Waals surface area contributed by atoms with Crippen molar-refractivity contribution in [2.45, 2.75) is 18.6 Å². The number of thiophene rings is 4. The molecule has 0 radical (unpaired) electrons. The molecule has 12 nitrogen and oxygen atoms in total. The Balaban J connectivity index is 1.11. The van der Waals surface area contributed by atoms with E-state index in [4.69, 9.17) is 9.47 Å². The predicted molar refractivity (Wildman–Crippen MR) is 265 cm³/mol. The lowest BCUT2D eigenvalue weighted by Crippen LogP contribution is -2.46. The summed E-state index contributed by atoms with van der Waals surface area (Å²) in [7, 11) is 0.